The first kappa shape index (κ1) is 16.4. The molecule has 2 N–H and O–H groups in total. The summed E-state index contributed by atoms with van der Waals surface area (Å²) in [5.41, 5.74) is 9.02. The molecule has 0 amide bonds. The minimum Gasteiger partial charge on any atom is -0.382 e. The molecule has 4 rings (SSSR count). The van der Waals surface area contributed by atoms with Crippen LogP contribution in [-0.4, -0.2) is 14.1 Å². The number of aromatic nitrogens is 3. The topological polar surface area (TPSA) is 65.8 Å². The lowest BCUT2D eigenvalue weighted by Gasteiger charge is -2.04. The third kappa shape index (κ3) is 2.97. The number of nitrogens with zero attached hydrogens (tertiary/aromatic N) is 3. The number of imidazole rings is 1. The number of rotatable bonds is 4. The van der Waals surface area contributed by atoms with Crippen LogP contribution >= 0.6 is 11.6 Å². The largest absolute Gasteiger partial charge is 0.382 e. The van der Waals surface area contributed by atoms with Crippen molar-refractivity contribution in [3.05, 3.63) is 93.4 Å². The molecule has 0 aliphatic heterocycles. The highest BCUT2D eigenvalue weighted by Crippen LogP contribution is 2.23. The Hall–Kier alpha value is -3.05. The molecular formula is C20H17ClN4O. The molecule has 0 bridgehead atoms. The zero-order chi connectivity index (χ0) is 18.1. The zero-order valence-electron chi connectivity index (χ0n) is 14.0. The zero-order valence-corrected chi connectivity index (χ0v) is 14.7. The highest BCUT2D eigenvalue weighted by atomic mass is 35.5. The molecule has 0 atom stereocenters. The van der Waals surface area contributed by atoms with E-state index in [2.05, 4.69) is 4.98 Å². The summed E-state index contributed by atoms with van der Waals surface area (Å²) in [4.78, 5) is 17.5. The Morgan fingerprint density at radius 1 is 0.885 bits per heavy atom. The summed E-state index contributed by atoms with van der Waals surface area (Å²) in [5, 5.41) is 0.344. The van der Waals surface area contributed by atoms with E-state index < -0.39 is 0 Å². The summed E-state index contributed by atoms with van der Waals surface area (Å²) >= 11 is 6.17. The van der Waals surface area contributed by atoms with Gasteiger partial charge in [-0.2, -0.15) is 0 Å². The van der Waals surface area contributed by atoms with E-state index in [0.717, 1.165) is 11.1 Å². The molecular weight excluding hydrogens is 348 g/mol. The Morgan fingerprint density at radius 3 is 2.00 bits per heavy atom. The number of nitrogen functional groups attached to an aromatic ring is 1. The minimum atomic E-state index is -0.137. The number of nitrogens with two attached hydrogens (primary N) is 1. The van der Waals surface area contributed by atoms with Crippen LogP contribution in [0.25, 0.3) is 11.2 Å². The maximum Gasteiger partial charge on any atom is 0.330 e. The molecule has 0 radical (unpaired) electrons. The van der Waals surface area contributed by atoms with Gasteiger partial charge in [-0.05, 0) is 17.2 Å². The monoisotopic (exact) mass is 364 g/mol. The normalized spacial score (nSPS) is 11.1. The predicted octanol–water partition coefficient (Wildman–Crippen LogP) is 3.53. The van der Waals surface area contributed by atoms with Crippen LogP contribution in [0.5, 0.6) is 0 Å². The van der Waals surface area contributed by atoms with E-state index in [1.54, 1.807) is 15.2 Å². The quantitative estimate of drug-likeness (QED) is 0.602. The molecule has 0 fully saturated rings. The molecule has 5 nitrogen and oxygen atoms in total. The molecule has 0 saturated heterocycles. The van der Waals surface area contributed by atoms with Crippen molar-refractivity contribution >= 4 is 28.6 Å². The lowest BCUT2D eigenvalue weighted by Crippen LogP contribution is -2.25. The molecule has 0 saturated carbocycles. The first-order valence-electron chi connectivity index (χ1n) is 8.26. The van der Waals surface area contributed by atoms with Crippen LogP contribution in [0.3, 0.4) is 0 Å². The van der Waals surface area contributed by atoms with Crippen LogP contribution in [0, 0.1) is 0 Å². The third-order valence-electron chi connectivity index (χ3n) is 4.34. The maximum atomic E-state index is 13.1. The average molecular weight is 365 g/mol. The first-order chi connectivity index (χ1) is 12.6. The predicted molar refractivity (Wildman–Crippen MR) is 105 cm³/mol. The van der Waals surface area contributed by atoms with E-state index in [1.165, 1.54) is 0 Å². The summed E-state index contributed by atoms with van der Waals surface area (Å²) in [6.07, 6.45) is 0. The molecule has 26 heavy (non-hydrogen) atoms. The second kappa shape index (κ2) is 6.69. The van der Waals surface area contributed by atoms with Gasteiger partial charge in [-0.25, -0.2) is 9.78 Å². The van der Waals surface area contributed by atoms with Gasteiger partial charge in [0.2, 0.25) is 0 Å². The van der Waals surface area contributed by atoms with Gasteiger partial charge >= 0.3 is 5.69 Å². The van der Waals surface area contributed by atoms with Crippen LogP contribution < -0.4 is 11.4 Å². The number of hydrogen-bond donors (Lipinski definition) is 1. The number of hydrogen-bond acceptors (Lipinski definition) is 3. The number of anilines is 1. The van der Waals surface area contributed by atoms with E-state index in [0.29, 0.717) is 29.3 Å². The summed E-state index contributed by atoms with van der Waals surface area (Å²) in [7, 11) is 0. The Bertz CT molecular complexity index is 1030. The lowest BCUT2D eigenvalue weighted by atomic mass is 10.2. The number of halogens is 1. The Labute approximate surface area is 155 Å². The van der Waals surface area contributed by atoms with E-state index in [-0.39, 0.29) is 11.5 Å². The van der Waals surface area contributed by atoms with Crippen molar-refractivity contribution in [1.29, 1.82) is 0 Å². The molecule has 6 heteroatoms. The van der Waals surface area contributed by atoms with Gasteiger partial charge in [0.25, 0.3) is 0 Å². The van der Waals surface area contributed by atoms with E-state index in [9.17, 15) is 4.79 Å². The van der Waals surface area contributed by atoms with Crippen molar-refractivity contribution in [2.45, 2.75) is 13.1 Å². The van der Waals surface area contributed by atoms with Crippen molar-refractivity contribution < 1.29 is 0 Å². The Balaban J connectivity index is 1.90. The van der Waals surface area contributed by atoms with E-state index >= 15 is 0 Å². The van der Waals surface area contributed by atoms with Crippen molar-refractivity contribution in [2.75, 3.05) is 5.73 Å². The highest BCUT2D eigenvalue weighted by molar-refractivity contribution is 6.33. The summed E-state index contributed by atoms with van der Waals surface area (Å²) in [5.74, 6) is 0.220. The van der Waals surface area contributed by atoms with E-state index in [4.69, 9.17) is 17.3 Å². The van der Waals surface area contributed by atoms with Gasteiger partial charge in [0, 0.05) is 0 Å². The van der Waals surface area contributed by atoms with Crippen LogP contribution in [0.1, 0.15) is 11.1 Å². The Morgan fingerprint density at radius 2 is 1.42 bits per heavy atom. The van der Waals surface area contributed by atoms with Crippen molar-refractivity contribution in [1.82, 2.24) is 14.1 Å². The second-order valence-corrected chi connectivity index (χ2v) is 6.53. The van der Waals surface area contributed by atoms with Crippen LogP contribution in [0.15, 0.2) is 71.5 Å². The lowest BCUT2D eigenvalue weighted by molar-refractivity contribution is 0.698. The third-order valence-corrected chi connectivity index (χ3v) is 4.64. The van der Waals surface area contributed by atoms with Crippen LogP contribution in [-0.2, 0) is 13.1 Å². The van der Waals surface area contributed by atoms with Crippen molar-refractivity contribution in [2.24, 2.45) is 0 Å². The van der Waals surface area contributed by atoms with Gasteiger partial charge in [-0.3, -0.25) is 9.13 Å². The molecule has 0 aliphatic carbocycles. The summed E-state index contributed by atoms with van der Waals surface area (Å²) < 4.78 is 3.33. The van der Waals surface area contributed by atoms with Crippen LogP contribution in [0.4, 0.5) is 5.82 Å². The van der Waals surface area contributed by atoms with Gasteiger partial charge in [-0.1, -0.05) is 72.3 Å². The molecule has 2 aromatic heterocycles. The molecule has 4 aromatic rings. The highest BCUT2D eigenvalue weighted by Gasteiger charge is 2.17. The fraction of sp³-hybridized carbons (Fsp3) is 0.100. The van der Waals surface area contributed by atoms with Gasteiger partial charge in [0.1, 0.15) is 5.82 Å². The van der Waals surface area contributed by atoms with Crippen molar-refractivity contribution in [3.8, 4) is 0 Å². The fourth-order valence-corrected chi connectivity index (χ4v) is 3.19. The average Bonchev–Trinajstić information content (AvgIpc) is 2.89. The van der Waals surface area contributed by atoms with Gasteiger partial charge in [0.15, 0.2) is 5.65 Å². The van der Waals surface area contributed by atoms with E-state index in [1.807, 2.05) is 60.7 Å². The number of pyridine rings is 1. The molecule has 2 aromatic carbocycles. The molecule has 0 spiro atoms. The minimum absolute atomic E-state index is 0.137. The SMILES string of the molecule is Nc1nc2c(cc1Cl)n(Cc1ccccc1)c(=O)n2Cc1ccccc1. The first-order valence-corrected chi connectivity index (χ1v) is 8.64. The smallest absolute Gasteiger partial charge is 0.330 e. The number of benzene rings is 2. The van der Waals surface area contributed by atoms with Crippen LogP contribution in [0.2, 0.25) is 5.02 Å². The fourth-order valence-electron chi connectivity index (χ4n) is 3.05. The second-order valence-electron chi connectivity index (χ2n) is 6.12. The van der Waals surface area contributed by atoms with Gasteiger partial charge < -0.3 is 5.73 Å². The molecule has 0 unspecified atom stereocenters. The standard InChI is InChI=1S/C20H17ClN4O/c21-16-11-17-19(23-18(16)22)25(13-15-9-5-2-6-10-15)20(26)24(17)12-14-7-3-1-4-8-14/h1-11H,12-13H2,(H2,22,23). The number of fused-ring (bicyclic) bond motifs is 1. The molecule has 0 aliphatic rings. The van der Waals surface area contributed by atoms with Gasteiger partial charge in [-0.15, -0.1) is 0 Å². The summed E-state index contributed by atoms with van der Waals surface area (Å²) in [6.45, 7) is 0.867. The molecule has 2 heterocycles. The van der Waals surface area contributed by atoms with Crippen molar-refractivity contribution in [3.63, 3.8) is 0 Å². The summed E-state index contributed by atoms with van der Waals surface area (Å²) in [6, 6.07) is 21.3. The molecule has 130 valence electrons. The maximum absolute atomic E-state index is 13.1. The van der Waals surface area contributed by atoms with Gasteiger partial charge in [0.05, 0.1) is 23.6 Å². The Kier molecular flexibility index (Phi) is 4.22.